The predicted octanol–water partition coefficient (Wildman–Crippen LogP) is 2.56. The Labute approximate surface area is 126 Å². The van der Waals surface area contributed by atoms with Gasteiger partial charge in [0.25, 0.3) is 0 Å². The molecular weight excluding hydrogens is 270 g/mol. The topological polar surface area (TPSA) is 51.4 Å². The van der Waals surface area contributed by atoms with Crippen molar-refractivity contribution in [1.82, 2.24) is 9.88 Å². The van der Waals surface area contributed by atoms with Crippen LogP contribution in [0.15, 0.2) is 5.51 Å². The highest BCUT2D eigenvalue weighted by Crippen LogP contribution is 2.38. The van der Waals surface area contributed by atoms with E-state index in [1.807, 2.05) is 5.51 Å². The average Bonchev–Trinajstić information content (AvgIpc) is 2.84. The van der Waals surface area contributed by atoms with E-state index in [2.05, 4.69) is 37.7 Å². The monoisotopic (exact) mass is 297 g/mol. The Morgan fingerprint density at radius 3 is 2.85 bits per heavy atom. The molecule has 4 nitrogen and oxygen atoms in total. The molecule has 0 saturated carbocycles. The van der Waals surface area contributed by atoms with Gasteiger partial charge in [-0.15, -0.1) is 11.3 Å². The minimum absolute atomic E-state index is 0.0411. The molecule has 2 N–H and O–H groups in total. The lowest BCUT2D eigenvalue weighted by atomic mass is 9.78. The molecular formula is C15H27N3OS. The van der Waals surface area contributed by atoms with Crippen molar-refractivity contribution in [2.75, 3.05) is 20.2 Å². The molecule has 0 spiro atoms. The summed E-state index contributed by atoms with van der Waals surface area (Å²) in [5.41, 5.74) is 9.23. The fraction of sp³-hybridized carbons (Fsp3) is 0.800. The number of nitrogens with zero attached hydrogens (tertiary/aromatic N) is 2. The van der Waals surface area contributed by atoms with Crippen molar-refractivity contribution in [2.24, 2.45) is 5.73 Å². The van der Waals surface area contributed by atoms with Gasteiger partial charge in [0.1, 0.15) is 0 Å². The molecule has 1 aromatic heterocycles. The van der Waals surface area contributed by atoms with Gasteiger partial charge < -0.3 is 10.5 Å². The Bertz CT molecular complexity index is 450. The van der Waals surface area contributed by atoms with Crippen LogP contribution in [0.5, 0.6) is 0 Å². The Hall–Kier alpha value is -0.490. The second-order valence-corrected chi connectivity index (χ2v) is 7.16. The standard InChI is InChI=1S/C15H27N3OS/c1-5-14(3)9-15(10-16,6-7-19-14)18(4)8-13-12(2)17-11-20-13/h11H,5-10,16H2,1-4H3. The molecule has 5 heteroatoms. The van der Waals surface area contributed by atoms with Crippen LogP contribution in [-0.2, 0) is 11.3 Å². The van der Waals surface area contributed by atoms with E-state index in [1.165, 1.54) is 4.88 Å². The number of likely N-dealkylation sites (N-methyl/N-ethyl adjacent to an activating group) is 1. The van der Waals surface area contributed by atoms with Gasteiger partial charge in [-0.2, -0.15) is 0 Å². The molecule has 1 aliphatic heterocycles. The molecule has 1 saturated heterocycles. The van der Waals surface area contributed by atoms with Crippen molar-refractivity contribution in [1.29, 1.82) is 0 Å². The lowest BCUT2D eigenvalue weighted by Crippen LogP contribution is -2.59. The molecule has 0 radical (unpaired) electrons. The molecule has 0 amide bonds. The van der Waals surface area contributed by atoms with Crippen LogP contribution < -0.4 is 5.73 Å². The van der Waals surface area contributed by atoms with E-state index in [-0.39, 0.29) is 11.1 Å². The summed E-state index contributed by atoms with van der Waals surface area (Å²) in [6.07, 6.45) is 3.04. The number of nitrogens with two attached hydrogens (primary N) is 1. The van der Waals surface area contributed by atoms with Crippen LogP contribution in [-0.4, -0.2) is 41.2 Å². The van der Waals surface area contributed by atoms with Gasteiger partial charge in [-0.1, -0.05) is 6.92 Å². The highest BCUT2D eigenvalue weighted by atomic mass is 32.1. The number of ether oxygens (including phenoxy) is 1. The van der Waals surface area contributed by atoms with E-state index in [0.717, 1.165) is 38.1 Å². The first-order valence-electron chi connectivity index (χ1n) is 7.39. The average molecular weight is 297 g/mol. The Balaban J connectivity index is 2.15. The molecule has 2 unspecified atom stereocenters. The van der Waals surface area contributed by atoms with Crippen molar-refractivity contribution >= 4 is 11.3 Å². The third kappa shape index (κ3) is 3.06. The van der Waals surface area contributed by atoms with Crippen molar-refractivity contribution in [3.8, 4) is 0 Å². The van der Waals surface area contributed by atoms with Crippen LogP contribution in [0.4, 0.5) is 0 Å². The van der Waals surface area contributed by atoms with E-state index >= 15 is 0 Å². The maximum absolute atomic E-state index is 6.17. The minimum atomic E-state index is -0.0470. The third-order valence-corrected chi connectivity index (χ3v) is 5.80. The molecule has 20 heavy (non-hydrogen) atoms. The summed E-state index contributed by atoms with van der Waals surface area (Å²) in [6.45, 7) is 8.89. The highest BCUT2D eigenvalue weighted by Gasteiger charge is 2.44. The molecule has 2 rings (SSSR count). The predicted molar refractivity (Wildman–Crippen MR) is 84.0 cm³/mol. The van der Waals surface area contributed by atoms with Crippen LogP contribution >= 0.6 is 11.3 Å². The largest absolute Gasteiger partial charge is 0.375 e. The first kappa shape index (κ1) is 15.9. The number of rotatable bonds is 5. The van der Waals surface area contributed by atoms with Crippen LogP contribution in [0.1, 0.15) is 43.7 Å². The van der Waals surface area contributed by atoms with Crippen LogP contribution in [0.3, 0.4) is 0 Å². The van der Waals surface area contributed by atoms with E-state index < -0.39 is 0 Å². The second kappa shape index (κ2) is 6.10. The number of hydrogen-bond donors (Lipinski definition) is 1. The van der Waals surface area contributed by atoms with Gasteiger partial charge in [-0.25, -0.2) is 4.98 Å². The SMILES string of the molecule is CCC1(C)CC(CN)(N(C)Cc2scnc2C)CCO1. The zero-order chi connectivity index (χ0) is 14.8. The quantitative estimate of drug-likeness (QED) is 0.907. The van der Waals surface area contributed by atoms with E-state index in [0.29, 0.717) is 6.54 Å². The molecule has 1 fully saturated rings. The molecule has 2 atom stereocenters. The normalized spacial score (nSPS) is 30.9. The molecule has 114 valence electrons. The van der Waals surface area contributed by atoms with Crippen LogP contribution in [0.25, 0.3) is 0 Å². The second-order valence-electron chi connectivity index (χ2n) is 6.22. The maximum atomic E-state index is 6.17. The number of aromatic nitrogens is 1. The van der Waals surface area contributed by atoms with Gasteiger partial charge in [-0.05, 0) is 40.2 Å². The summed E-state index contributed by atoms with van der Waals surface area (Å²) < 4.78 is 5.99. The molecule has 2 heterocycles. The smallest absolute Gasteiger partial charge is 0.0798 e. The lowest BCUT2D eigenvalue weighted by molar-refractivity contribution is -0.126. The fourth-order valence-electron chi connectivity index (χ4n) is 3.07. The van der Waals surface area contributed by atoms with Gasteiger partial charge in [-0.3, -0.25) is 4.90 Å². The molecule has 1 aromatic rings. The molecule has 0 bridgehead atoms. The zero-order valence-electron chi connectivity index (χ0n) is 13.1. The Morgan fingerprint density at radius 1 is 1.55 bits per heavy atom. The number of aryl methyl sites for hydroxylation is 1. The lowest BCUT2D eigenvalue weighted by Gasteiger charge is -2.50. The summed E-state index contributed by atoms with van der Waals surface area (Å²) in [5.74, 6) is 0. The minimum Gasteiger partial charge on any atom is -0.375 e. The van der Waals surface area contributed by atoms with Crippen molar-refractivity contribution < 1.29 is 4.74 Å². The van der Waals surface area contributed by atoms with Gasteiger partial charge in [0.15, 0.2) is 0 Å². The highest BCUT2D eigenvalue weighted by molar-refractivity contribution is 7.09. The number of thiazole rings is 1. The third-order valence-electron chi connectivity index (χ3n) is 4.88. The zero-order valence-corrected chi connectivity index (χ0v) is 13.9. The Morgan fingerprint density at radius 2 is 2.30 bits per heavy atom. The van der Waals surface area contributed by atoms with Gasteiger partial charge >= 0.3 is 0 Å². The van der Waals surface area contributed by atoms with Crippen molar-refractivity contribution in [3.63, 3.8) is 0 Å². The van der Waals surface area contributed by atoms with Crippen LogP contribution in [0, 0.1) is 6.92 Å². The van der Waals surface area contributed by atoms with E-state index in [4.69, 9.17) is 10.5 Å². The van der Waals surface area contributed by atoms with Crippen LogP contribution in [0.2, 0.25) is 0 Å². The van der Waals surface area contributed by atoms with E-state index in [9.17, 15) is 0 Å². The fourth-order valence-corrected chi connectivity index (χ4v) is 3.90. The van der Waals surface area contributed by atoms with Gasteiger partial charge in [0, 0.05) is 30.1 Å². The maximum Gasteiger partial charge on any atom is 0.0798 e. The number of hydrogen-bond acceptors (Lipinski definition) is 5. The summed E-state index contributed by atoms with van der Waals surface area (Å²) in [4.78, 5) is 8.10. The summed E-state index contributed by atoms with van der Waals surface area (Å²) in [6, 6.07) is 0. The van der Waals surface area contributed by atoms with E-state index in [1.54, 1.807) is 11.3 Å². The molecule has 0 aromatic carbocycles. The summed E-state index contributed by atoms with van der Waals surface area (Å²) in [5, 5.41) is 0. The van der Waals surface area contributed by atoms with Gasteiger partial charge in [0.2, 0.25) is 0 Å². The molecule has 0 aliphatic carbocycles. The van der Waals surface area contributed by atoms with Crippen molar-refractivity contribution in [2.45, 2.75) is 57.7 Å². The Kier molecular flexibility index (Phi) is 4.84. The van der Waals surface area contributed by atoms with Crippen molar-refractivity contribution in [3.05, 3.63) is 16.1 Å². The first-order chi connectivity index (χ1) is 9.45. The first-order valence-corrected chi connectivity index (χ1v) is 8.27. The molecule has 1 aliphatic rings. The summed E-state index contributed by atoms with van der Waals surface area (Å²) in [7, 11) is 2.19. The summed E-state index contributed by atoms with van der Waals surface area (Å²) >= 11 is 1.73. The van der Waals surface area contributed by atoms with Gasteiger partial charge in [0.05, 0.1) is 16.8 Å².